The summed E-state index contributed by atoms with van der Waals surface area (Å²) in [6.45, 7) is 9.01. The summed E-state index contributed by atoms with van der Waals surface area (Å²) in [6.07, 6.45) is 9.91. The zero-order valence-electron chi connectivity index (χ0n) is 30.1. The van der Waals surface area contributed by atoms with Gasteiger partial charge in [0.1, 0.15) is 13.2 Å². The number of aromatic nitrogens is 2. The third-order valence-electron chi connectivity index (χ3n) is 8.75. The monoisotopic (exact) mass is 699 g/mol. The topological polar surface area (TPSA) is 169 Å². The molecular formula is C38H49N7O6. The third kappa shape index (κ3) is 11.4. The Hall–Kier alpha value is -5.19. The van der Waals surface area contributed by atoms with E-state index in [1.54, 1.807) is 20.3 Å². The van der Waals surface area contributed by atoms with E-state index < -0.39 is 0 Å². The molecule has 272 valence electrons. The molecule has 0 spiro atoms. The second-order valence-electron chi connectivity index (χ2n) is 12.3. The summed E-state index contributed by atoms with van der Waals surface area (Å²) in [5.41, 5.74) is 5.55. The Bertz CT molecular complexity index is 1690. The van der Waals surface area contributed by atoms with Crippen molar-refractivity contribution in [2.24, 2.45) is 11.8 Å². The highest BCUT2D eigenvalue weighted by Crippen LogP contribution is 2.40. The molecule has 13 heteroatoms. The number of nitrogens with one attached hydrogen (secondary N) is 4. The SMILES string of the molecule is COc1nc(OCC2=C(C)C(C3CC=CC(COc4ccc(CNCCNC(C)=O)c(OC)n4)=C3C#N)CC=C2)ccc1CNCCNC(C)=O. The zero-order valence-corrected chi connectivity index (χ0v) is 30.1. The van der Waals surface area contributed by atoms with Crippen LogP contribution in [0, 0.1) is 23.2 Å². The van der Waals surface area contributed by atoms with Crippen LogP contribution in [0.15, 0.2) is 70.9 Å². The first kappa shape index (κ1) is 38.6. The van der Waals surface area contributed by atoms with Crippen LogP contribution in [0.5, 0.6) is 23.5 Å². The third-order valence-corrected chi connectivity index (χ3v) is 8.75. The maximum atomic E-state index is 11.1. The predicted octanol–water partition coefficient (Wildman–Crippen LogP) is 3.69. The Morgan fingerprint density at radius 3 is 1.75 bits per heavy atom. The van der Waals surface area contributed by atoms with Crippen molar-refractivity contribution in [3.63, 3.8) is 0 Å². The van der Waals surface area contributed by atoms with Gasteiger partial charge in [0.25, 0.3) is 0 Å². The van der Waals surface area contributed by atoms with Crippen molar-refractivity contribution in [2.45, 2.75) is 46.7 Å². The van der Waals surface area contributed by atoms with Crippen LogP contribution in [0.3, 0.4) is 0 Å². The zero-order chi connectivity index (χ0) is 36.6. The quantitative estimate of drug-likeness (QED) is 0.158. The molecule has 4 rings (SSSR count). The molecule has 2 aliphatic rings. The van der Waals surface area contributed by atoms with Crippen LogP contribution in [-0.4, -0.2) is 75.4 Å². The lowest BCUT2D eigenvalue weighted by molar-refractivity contribution is -0.119. The van der Waals surface area contributed by atoms with E-state index in [9.17, 15) is 14.9 Å². The molecule has 51 heavy (non-hydrogen) atoms. The van der Waals surface area contributed by atoms with Crippen LogP contribution in [0.25, 0.3) is 0 Å². The lowest BCUT2D eigenvalue weighted by Crippen LogP contribution is -2.30. The molecule has 0 bridgehead atoms. The first-order valence-electron chi connectivity index (χ1n) is 17.1. The number of pyridine rings is 2. The number of ether oxygens (including phenoxy) is 4. The lowest BCUT2D eigenvalue weighted by atomic mass is 9.72. The molecule has 2 unspecified atom stereocenters. The van der Waals surface area contributed by atoms with E-state index in [1.807, 2.05) is 24.3 Å². The molecule has 2 atom stereocenters. The Balaban J connectivity index is 1.37. The lowest BCUT2D eigenvalue weighted by Gasteiger charge is -2.32. The van der Waals surface area contributed by atoms with Crippen LogP contribution >= 0.6 is 0 Å². The fourth-order valence-electron chi connectivity index (χ4n) is 6.07. The number of nitriles is 1. The summed E-state index contributed by atoms with van der Waals surface area (Å²) >= 11 is 0. The Morgan fingerprint density at radius 1 is 0.765 bits per heavy atom. The summed E-state index contributed by atoms with van der Waals surface area (Å²) in [5.74, 6) is 1.80. The first-order chi connectivity index (χ1) is 24.7. The number of methoxy groups -OCH3 is 2. The molecule has 0 aromatic carbocycles. The highest BCUT2D eigenvalue weighted by molar-refractivity contribution is 5.73. The van der Waals surface area contributed by atoms with Gasteiger partial charge in [-0.25, -0.2) is 0 Å². The van der Waals surface area contributed by atoms with Crippen molar-refractivity contribution >= 4 is 11.8 Å². The van der Waals surface area contributed by atoms with Gasteiger partial charge < -0.3 is 40.2 Å². The van der Waals surface area contributed by atoms with Gasteiger partial charge in [0.15, 0.2) is 0 Å². The van der Waals surface area contributed by atoms with E-state index in [0.717, 1.165) is 40.7 Å². The maximum Gasteiger partial charge on any atom is 0.220 e. The van der Waals surface area contributed by atoms with Crippen molar-refractivity contribution in [3.05, 3.63) is 82.0 Å². The largest absolute Gasteiger partial charge is 0.481 e. The molecule has 2 heterocycles. The van der Waals surface area contributed by atoms with Crippen molar-refractivity contribution in [3.8, 4) is 29.6 Å². The van der Waals surface area contributed by atoms with Crippen LogP contribution in [0.2, 0.25) is 0 Å². The summed E-state index contributed by atoms with van der Waals surface area (Å²) in [6, 6.07) is 9.93. The molecule has 0 aliphatic heterocycles. The van der Waals surface area contributed by atoms with Gasteiger partial charge in [-0.2, -0.15) is 15.2 Å². The standard InChI is InChI=1S/C38H49N7O6/c1-25-30(23-50-35-14-12-28(37(44-35)48-4)21-40-16-18-42-26(2)46)8-6-10-32(25)33-11-7-9-31(34(33)20-39)24-51-36-15-13-29(38(45-36)49-5)22-41-17-19-43-27(3)47/h6-9,12-15,32-33,40-41H,10-11,16-19,21-24H2,1-5H3,(H,42,46)(H,43,47). The molecule has 4 N–H and O–H groups in total. The smallest absolute Gasteiger partial charge is 0.220 e. The Labute approximate surface area is 300 Å². The number of carbonyl (C=O) groups is 2. The van der Waals surface area contributed by atoms with Gasteiger partial charge in [0, 0.05) is 93.4 Å². The minimum Gasteiger partial charge on any atom is -0.481 e. The van der Waals surface area contributed by atoms with Gasteiger partial charge in [-0.1, -0.05) is 29.9 Å². The Morgan fingerprint density at radius 2 is 1.25 bits per heavy atom. The molecule has 2 aliphatic carbocycles. The molecule has 2 aromatic heterocycles. The highest BCUT2D eigenvalue weighted by atomic mass is 16.5. The van der Waals surface area contributed by atoms with Crippen molar-refractivity contribution in [2.75, 3.05) is 53.6 Å². The molecule has 0 saturated carbocycles. The normalized spacial score (nSPS) is 16.8. The average Bonchev–Trinajstić information content (AvgIpc) is 3.13. The second-order valence-corrected chi connectivity index (χ2v) is 12.3. The molecule has 0 fully saturated rings. The predicted molar refractivity (Wildman–Crippen MR) is 193 cm³/mol. The minimum atomic E-state index is -0.0660. The number of nitrogens with zero attached hydrogens (tertiary/aromatic N) is 3. The molecule has 2 amide bonds. The summed E-state index contributed by atoms with van der Waals surface area (Å²) in [5, 5.41) is 22.4. The number of amides is 2. The van der Waals surface area contributed by atoms with Gasteiger partial charge in [-0.05, 0) is 43.4 Å². The molecule has 0 radical (unpaired) electrons. The van der Waals surface area contributed by atoms with E-state index in [1.165, 1.54) is 19.4 Å². The van der Waals surface area contributed by atoms with E-state index in [4.69, 9.17) is 18.9 Å². The van der Waals surface area contributed by atoms with Crippen LogP contribution < -0.4 is 40.2 Å². The van der Waals surface area contributed by atoms with E-state index in [-0.39, 0.29) is 30.3 Å². The average molecular weight is 700 g/mol. The maximum absolute atomic E-state index is 11.1. The fourth-order valence-corrected chi connectivity index (χ4v) is 6.07. The van der Waals surface area contributed by atoms with Crippen LogP contribution in [0.1, 0.15) is 44.7 Å². The number of carbonyl (C=O) groups excluding carboxylic acids is 2. The number of hydrogen-bond donors (Lipinski definition) is 4. The van der Waals surface area contributed by atoms with Crippen molar-refractivity contribution < 1.29 is 28.5 Å². The van der Waals surface area contributed by atoms with Gasteiger partial charge in [-0.3, -0.25) is 9.59 Å². The van der Waals surface area contributed by atoms with Crippen LogP contribution in [0.4, 0.5) is 0 Å². The van der Waals surface area contributed by atoms with Crippen molar-refractivity contribution in [1.82, 2.24) is 31.2 Å². The van der Waals surface area contributed by atoms with E-state index in [0.29, 0.717) is 69.4 Å². The first-order valence-corrected chi connectivity index (χ1v) is 17.1. The van der Waals surface area contributed by atoms with Crippen molar-refractivity contribution in [1.29, 1.82) is 5.26 Å². The van der Waals surface area contributed by atoms with Gasteiger partial charge in [-0.15, -0.1) is 0 Å². The molecule has 2 aromatic rings. The summed E-state index contributed by atoms with van der Waals surface area (Å²) in [4.78, 5) is 31.2. The number of rotatable bonds is 19. The summed E-state index contributed by atoms with van der Waals surface area (Å²) in [7, 11) is 3.14. The van der Waals surface area contributed by atoms with Crippen LogP contribution in [-0.2, 0) is 22.7 Å². The molecule has 0 saturated heterocycles. The van der Waals surface area contributed by atoms with E-state index in [2.05, 4.69) is 62.5 Å². The van der Waals surface area contributed by atoms with Gasteiger partial charge >= 0.3 is 0 Å². The second kappa shape index (κ2) is 19.9. The molecular weight excluding hydrogens is 650 g/mol. The fraction of sp³-hybridized carbons (Fsp3) is 0.447. The number of allylic oxidation sites excluding steroid dienone is 4. The molecule has 13 nitrogen and oxygen atoms in total. The summed E-state index contributed by atoms with van der Waals surface area (Å²) < 4.78 is 23.2. The van der Waals surface area contributed by atoms with Gasteiger partial charge in [0.2, 0.25) is 35.3 Å². The highest BCUT2D eigenvalue weighted by Gasteiger charge is 2.31. The van der Waals surface area contributed by atoms with Gasteiger partial charge in [0.05, 0.1) is 20.3 Å². The number of hydrogen-bond acceptors (Lipinski definition) is 11. The Kier molecular flexibility index (Phi) is 15.0. The van der Waals surface area contributed by atoms with E-state index >= 15 is 0 Å². The minimum absolute atomic E-state index is 0.00244.